The smallest absolute Gasteiger partial charge is 0.327 e. The number of hydrogen-bond acceptors (Lipinski definition) is 3. The molecular weight excluding hydrogens is 541 g/mol. The van der Waals surface area contributed by atoms with Crippen LogP contribution in [0.25, 0.3) is 0 Å². The summed E-state index contributed by atoms with van der Waals surface area (Å²) in [5.41, 5.74) is 0. The second-order valence-electron chi connectivity index (χ2n) is 13.7. The first kappa shape index (κ1) is 42.1. The van der Waals surface area contributed by atoms with Gasteiger partial charge in [0, 0.05) is 0 Å². The topological polar surface area (TPSA) is 55.8 Å². The van der Waals surface area contributed by atoms with Gasteiger partial charge in [0.15, 0.2) is 0 Å². The molecule has 0 spiro atoms. The summed E-state index contributed by atoms with van der Waals surface area (Å²) < 4.78 is 23.6. The van der Waals surface area contributed by atoms with E-state index in [1.807, 2.05) is 0 Å². The molecule has 0 aromatic heterocycles. The Labute approximate surface area is 264 Å². The Morgan fingerprint density at radius 1 is 0.429 bits per heavy atom. The van der Waals surface area contributed by atoms with Crippen molar-refractivity contribution in [3.8, 4) is 0 Å². The zero-order valence-electron chi connectivity index (χ0n) is 29.2. The Morgan fingerprint density at radius 2 is 0.714 bits per heavy atom. The van der Waals surface area contributed by atoms with Crippen molar-refractivity contribution >= 4 is 7.82 Å². The molecule has 0 aromatic rings. The number of unbranched alkanes of at least 4 members (excludes halogenated alkanes) is 26. The molecule has 0 radical (unpaired) electrons. The molecule has 6 heteroatoms. The standard InChI is InChI=1S/C36H76NO4P/c1-5-7-9-11-13-15-17-19-21-23-25-27-29-31-33-37(3,4)34-36-41-42(38,39)40-35-32-30-28-26-24-22-20-18-16-14-12-10-8-6-2/h5-36H2,1-4H3/p+1. The lowest BCUT2D eigenvalue weighted by Crippen LogP contribution is -2.42. The minimum Gasteiger partial charge on any atom is -0.327 e. The van der Waals surface area contributed by atoms with E-state index in [-0.39, 0.29) is 6.61 Å². The SMILES string of the molecule is CCCCCCCCCCCCCCCCOP(=O)(O)OCC[N+](C)(C)CCCCCCCCCCCCCCCC. The summed E-state index contributed by atoms with van der Waals surface area (Å²) in [6.45, 7) is 6.94. The number of hydrogen-bond donors (Lipinski definition) is 1. The van der Waals surface area contributed by atoms with Crippen LogP contribution >= 0.6 is 7.82 Å². The largest absolute Gasteiger partial charge is 0.472 e. The fourth-order valence-electron chi connectivity index (χ4n) is 5.76. The lowest BCUT2D eigenvalue weighted by molar-refractivity contribution is -0.890. The van der Waals surface area contributed by atoms with E-state index in [0.29, 0.717) is 6.61 Å². The number of nitrogens with zero attached hydrogens (tertiary/aromatic N) is 1. The fourth-order valence-corrected chi connectivity index (χ4v) is 6.51. The van der Waals surface area contributed by atoms with Crippen LogP contribution in [-0.2, 0) is 13.6 Å². The molecule has 5 nitrogen and oxygen atoms in total. The predicted octanol–water partition coefficient (Wildman–Crippen LogP) is 12.2. The van der Waals surface area contributed by atoms with Crippen LogP contribution < -0.4 is 0 Å². The summed E-state index contributed by atoms with van der Waals surface area (Å²) in [6.07, 6.45) is 37.4. The summed E-state index contributed by atoms with van der Waals surface area (Å²) in [6, 6.07) is 0. The van der Waals surface area contributed by atoms with Crippen molar-refractivity contribution in [2.75, 3.05) is 40.4 Å². The van der Waals surface area contributed by atoms with Gasteiger partial charge in [-0.15, -0.1) is 0 Å². The van der Waals surface area contributed by atoms with Gasteiger partial charge in [0.05, 0.1) is 27.2 Å². The Kier molecular flexibility index (Phi) is 31.1. The quantitative estimate of drug-likeness (QED) is 0.0436. The molecule has 0 aromatic carbocycles. The molecule has 0 saturated heterocycles. The highest BCUT2D eigenvalue weighted by Gasteiger charge is 2.23. The monoisotopic (exact) mass is 619 g/mol. The van der Waals surface area contributed by atoms with Gasteiger partial charge in [-0.2, -0.15) is 0 Å². The third-order valence-corrected chi connectivity index (χ3v) is 9.84. The average Bonchev–Trinajstić information content (AvgIpc) is 2.95. The van der Waals surface area contributed by atoms with E-state index in [1.54, 1.807) is 0 Å². The molecule has 0 rings (SSSR count). The molecule has 0 aliphatic carbocycles. The number of phosphoric ester groups is 1. The lowest BCUT2D eigenvalue weighted by atomic mass is 10.0. The highest BCUT2D eigenvalue weighted by Crippen LogP contribution is 2.43. The van der Waals surface area contributed by atoms with E-state index in [0.717, 1.165) is 30.4 Å². The molecule has 0 aliphatic heterocycles. The highest BCUT2D eigenvalue weighted by atomic mass is 31.2. The van der Waals surface area contributed by atoms with Gasteiger partial charge in [-0.3, -0.25) is 9.05 Å². The summed E-state index contributed by atoms with van der Waals surface area (Å²) in [5.74, 6) is 0. The number of phosphoric acid groups is 1. The first-order chi connectivity index (χ1) is 20.3. The number of rotatable bonds is 35. The first-order valence-electron chi connectivity index (χ1n) is 18.8. The maximum atomic E-state index is 12.2. The van der Waals surface area contributed by atoms with Gasteiger partial charge in [0.25, 0.3) is 0 Å². The molecule has 1 atom stereocenters. The minimum atomic E-state index is -3.94. The van der Waals surface area contributed by atoms with E-state index in [1.165, 1.54) is 167 Å². The molecule has 0 saturated carbocycles. The van der Waals surface area contributed by atoms with E-state index < -0.39 is 7.82 Å². The van der Waals surface area contributed by atoms with Gasteiger partial charge in [-0.1, -0.05) is 174 Å². The molecule has 1 N–H and O–H groups in total. The van der Waals surface area contributed by atoms with E-state index in [4.69, 9.17) is 9.05 Å². The predicted molar refractivity (Wildman–Crippen MR) is 184 cm³/mol. The molecule has 254 valence electrons. The van der Waals surface area contributed by atoms with Crippen molar-refractivity contribution in [3.05, 3.63) is 0 Å². The van der Waals surface area contributed by atoms with Crippen LogP contribution in [0.4, 0.5) is 0 Å². The fraction of sp³-hybridized carbons (Fsp3) is 1.00. The summed E-state index contributed by atoms with van der Waals surface area (Å²) >= 11 is 0. The molecule has 42 heavy (non-hydrogen) atoms. The maximum Gasteiger partial charge on any atom is 0.472 e. The lowest BCUT2D eigenvalue weighted by Gasteiger charge is -2.29. The van der Waals surface area contributed by atoms with Gasteiger partial charge >= 0.3 is 7.82 Å². The van der Waals surface area contributed by atoms with Gasteiger partial charge in [0.2, 0.25) is 0 Å². The molecular formula is C36H77NO4P+. The zero-order chi connectivity index (χ0) is 31.0. The summed E-state index contributed by atoms with van der Waals surface area (Å²) in [4.78, 5) is 10.0. The number of quaternary nitrogens is 1. The van der Waals surface area contributed by atoms with Crippen LogP contribution in [0, 0.1) is 0 Å². The van der Waals surface area contributed by atoms with Gasteiger partial charge in [-0.05, 0) is 19.3 Å². The average molecular weight is 619 g/mol. The third-order valence-electron chi connectivity index (χ3n) is 8.82. The first-order valence-corrected chi connectivity index (χ1v) is 20.3. The van der Waals surface area contributed by atoms with Crippen molar-refractivity contribution in [1.29, 1.82) is 0 Å². The van der Waals surface area contributed by atoms with Crippen LogP contribution in [0.15, 0.2) is 0 Å². The van der Waals surface area contributed by atoms with E-state index in [9.17, 15) is 9.46 Å². The summed E-state index contributed by atoms with van der Waals surface area (Å²) in [5, 5.41) is 0. The van der Waals surface area contributed by atoms with Crippen molar-refractivity contribution in [2.45, 2.75) is 194 Å². The minimum absolute atomic E-state index is 0.262. The van der Waals surface area contributed by atoms with Gasteiger partial charge < -0.3 is 9.38 Å². The molecule has 0 amide bonds. The molecule has 0 fully saturated rings. The second-order valence-corrected chi connectivity index (χ2v) is 15.2. The van der Waals surface area contributed by atoms with Crippen LogP contribution in [-0.4, -0.2) is 49.8 Å². The zero-order valence-corrected chi connectivity index (χ0v) is 30.1. The Balaban J connectivity index is 3.52. The Hall–Kier alpha value is 0.0700. The van der Waals surface area contributed by atoms with Crippen LogP contribution in [0.2, 0.25) is 0 Å². The van der Waals surface area contributed by atoms with E-state index >= 15 is 0 Å². The van der Waals surface area contributed by atoms with Gasteiger partial charge in [0.1, 0.15) is 13.2 Å². The van der Waals surface area contributed by atoms with Crippen LogP contribution in [0.5, 0.6) is 0 Å². The molecule has 1 unspecified atom stereocenters. The Bertz CT molecular complexity index is 587. The van der Waals surface area contributed by atoms with Crippen molar-refractivity contribution < 1.29 is 23.0 Å². The Morgan fingerprint density at radius 3 is 1.07 bits per heavy atom. The highest BCUT2D eigenvalue weighted by molar-refractivity contribution is 7.47. The van der Waals surface area contributed by atoms with Crippen molar-refractivity contribution in [1.82, 2.24) is 0 Å². The molecule has 0 aliphatic rings. The third kappa shape index (κ3) is 33.0. The maximum absolute atomic E-state index is 12.2. The van der Waals surface area contributed by atoms with Gasteiger partial charge in [-0.25, -0.2) is 4.57 Å². The van der Waals surface area contributed by atoms with Crippen molar-refractivity contribution in [2.24, 2.45) is 0 Å². The van der Waals surface area contributed by atoms with Crippen LogP contribution in [0.1, 0.15) is 194 Å². The second kappa shape index (κ2) is 31.1. The van der Waals surface area contributed by atoms with Crippen LogP contribution in [0.3, 0.4) is 0 Å². The normalized spacial score (nSPS) is 13.5. The summed E-state index contributed by atoms with van der Waals surface area (Å²) in [7, 11) is 0.431. The molecule has 0 heterocycles. The van der Waals surface area contributed by atoms with Crippen molar-refractivity contribution in [3.63, 3.8) is 0 Å². The molecule has 0 bridgehead atoms. The number of likely N-dealkylation sites (N-methyl/N-ethyl adjacent to an activating group) is 1. The van der Waals surface area contributed by atoms with E-state index in [2.05, 4.69) is 27.9 Å².